The van der Waals surface area contributed by atoms with Gasteiger partial charge in [0.05, 0.1) is 12.5 Å². The summed E-state index contributed by atoms with van der Waals surface area (Å²) in [4.78, 5) is 4.74. The van der Waals surface area contributed by atoms with Gasteiger partial charge in [-0.1, -0.05) is 0 Å². The van der Waals surface area contributed by atoms with Gasteiger partial charge in [0, 0.05) is 31.7 Å². The fraction of sp³-hybridized carbons (Fsp3) is 0.900. The van der Waals surface area contributed by atoms with Crippen LogP contribution < -0.4 is 0 Å². The Hall–Kier alpha value is -0.590. The molecule has 1 aliphatic heterocycles. The minimum atomic E-state index is 0.434. The Labute approximate surface area is 80.9 Å². The summed E-state index contributed by atoms with van der Waals surface area (Å²) in [6.07, 6.45) is 0.655. The monoisotopic (exact) mass is 181 g/mol. The lowest BCUT2D eigenvalue weighted by molar-refractivity contribution is 0.0667. The molecule has 1 saturated heterocycles. The quantitative estimate of drug-likeness (QED) is 0.634. The Morgan fingerprint density at radius 3 is 2.69 bits per heavy atom. The van der Waals surface area contributed by atoms with Gasteiger partial charge in [-0.15, -0.1) is 0 Å². The van der Waals surface area contributed by atoms with Crippen molar-refractivity contribution in [2.24, 2.45) is 0 Å². The second kappa shape index (κ2) is 4.59. The third-order valence-corrected chi connectivity index (χ3v) is 2.72. The molecular formula is C10H19N3. The van der Waals surface area contributed by atoms with E-state index in [9.17, 15) is 0 Å². The van der Waals surface area contributed by atoms with Crippen molar-refractivity contribution in [3.05, 3.63) is 0 Å². The van der Waals surface area contributed by atoms with Crippen LogP contribution in [-0.2, 0) is 0 Å². The summed E-state index contributed by atoms with van der Waals surface area (Å²) in [6.45, 7) is 7.66. The predicted molar refractivity (Wildman–Crippen MR) is 53.4 cm³/mol. The molecule has 0 N–H and O–H groups in total. The maximum absolute atomic E-state index is 8.71. The molecule has 3 nitrogen and oxygen atoms in total. The van der Waals surface area contributed by atoms with Gasteiger partial charge >= 0.3 is 0 Å². The zero-order valence-electron chi connectivity index (χ0n) is 8.82. The maximum atomic E-state index is 8.71. The molecule has 0 saturated carbocycles. The second-order valence-electron chi connectivity index (χ2n) is 4.11. The van der Waals surface area contributed by atoms with Crippen LogP contribution in [0.25, 0.3) is 0 Å². The van der Waals surface area contributed by atoms with E-state index in [1.165, 1.54) is 0 Å². The normalized spacial score (nSPS) is 26.2. The molecule has 1 heterocycles. The van der Waals surface area contributed by atoms with Crippen LogP contribution in [0.3, 0.4) is 0 Å². The highest BCUT2D eigenvalue weighted by atomic mass is 15.3. The molecule has 74 valence electrons. The molecule has 0 radical (unpaired) electrons. The first-order chi connectivity index (χ1) is 6.15. The van der Waals surface area contributed by atoms with Crippen molar-refractivity contribution in [2.45, 2.75) is 32.4 Å². The van der Waals surface area contributed by atoms with Crippen LogP contribution >= 0.6 is 0 Å². The molecule has 0 amide bonds. The van der Waals surface area contributed by atoms with E-state index in [-0.39, 0.29) is 0 Å². The van der Waals surface area contributed by atoms with Crippen LogP contribution in [0.4, 0.5) is 0 Å². The number of rotatable bonds is 2. The molecule has 0 aromatic heterocycles. The van der Waals surface area contributed by atoms with Gasteiger partial charge in [-0.3, -0.25) is 4.90 Å². The first-order valence-electron chi connectivity index (χ1n) is 4.96. The third kappa shape index (κ3) is 2.68. The minimum Gasteiger partial charge on any atom is -0.304 e. The van der Waals surface area contributed by atoms with Crippen molar-refractivity contribution >= 4 is 0 Å². The Bertz CT molecular complexity index is 195. The zero-order chi connectivity index (χ0) is 9.84. The van der Waals surface area contributed by atoms with Gasteiger partial charge in [0.25, 0.3) is 0 Å². The average molecular weight is 181 g/mol. The molecule has 1 rings (SSSR count). The fourth-order valence-corrected chi connectivity index (χ4v) is 1.99. The van der Waals surface area contributed by atoms with E-state index in [4.69, 9.17) is 5.26 Å². The van der Waals surface area contributed by atoms with Crippen LogP contribution in [0.15, 0.2) is 0 Å². The van der Waals surface area contributed by atoms with Crippen molar-refractivity contribution in [3.8, 4) is 6.07 Å². The Morgan fingerprint density at radius 2 is 2.15 bits per heavy atom. The summed E-state index contributed by atoms with van der Waals surface area (Å²) < 4.78 is 0. The predicted octanol–water partition coefficient (Wildman–Crippen LogP) is 0.924. The highest BCUT2D eigenvalue weighted by Crippen LogP contribution is 2.14. The maximum Gasteiger partial charge on any atom is 0.0638 e. The standard InChI is InChI=1S/C10H19N3/c1-9(2)13-7-6-12(3)8-10(13)4-5-11/h9-10H,4,6-8H2,1-3H3. The molecule has 1 atom stereocenters. The fourth-order valence-electron chi connectivity index (χ4n) is 1.99. The molecule has 13 heavy (non-hydrogen) atoms. The molecule has 0 aliphatic carbocycles. The van der Waals surface area contributed by atoms with Crippen molar-refractivity contribution in [1.82, 2.24) is 9.80 Å². The summed E-state index contributed by atoms with van der Waals surface area (Å²) in [7, 11) is 2.13. The molecule has 1 aliphatic rings. The van der Waals surface area contributed by atoms with Crippen molar-refractivity contribution < 1.29 is 0 Å². The van der Waals surface area contributed by atoms with E-state index in [0.717, 1.165) is 19.6 Å². The second-order valence-corrected chi connectivity index (χ2v) is 4.11. The Balaban J connectivity index is 2.56. The minimum absolute atomic E-state index is 0.434. The van der Waals surface area contributed by atoms with Gasteiger partial charge in [0.2, 0.25) is 0 Å². The van der Waals surface area contributed by atoms with E-state index in [2.05, 4.69) is 36.8 Å². The Kier molecular flexibility index (Phi) is 3.71. The molecule has 0 spiro atoms. The van der Waals surface area contributed by atoms with Crippen LogP contribution in [-0.4, -0.2) is 48.6 Å². The van der Waals surface area contributed by atoms with E-state index in [1.807, 2.05) is 0 Å². The lowest BCUT2D eigenvalue weighted by Gasteiger charge is -2.41. The van der Waals surface area contributed by atoms with Crippen LogP contribution in [0.5, 0.6) is 0 Å². The number of piperazine rings is 1. The van der Waals surface area contributed by atoms with Crippen LogP contribution in [0.1, 0.15) is 20.3 Å². The molecule has 3 heteroatoms. The average Bonchev–Trinajstić information content (AvgIpc) is 2.04. The van der Waals surface area contributed by atoms with E-state index in [0.29, 0.717) is 18.5 Å². The highest BCUT2D eigenvalue weighted by molar-refractivity contribution is 4.89. The molecular weight excluding hydrogens is 162 g/mol. The van der Waals surface area contributed by atoms with Gasteiger partial charge in [0.1, 0.15) is 0 Å². The summed E-state index contributed by atoms with van der Waals surface area (Å²) >= 11 is 0. The van der Waals surface area contributed by atoms with Crippen molar-refractivity contribution in [1.29, 1.82) is 5.26 Å². The number of hydrogen-bond donors (Lipinski definition) is 0. The van der Waals surface area contributed by atoms with Crippen LogP contribution in [0.2, 0.25) is 0 Å². The topological polar surface area (TPSA) is 30.3 Å². The van der Waals surface area contributed by atoms with Gasteiger partial charge < -0.3 is 4.90 Å². The largest absolute Gasteiger partial charge is 0.304 e. The number of hydrogen-bond acceptors (Lipinski definition) is 3. The highest BCUT2D eigenvalue weighted by Gasteiger charge is 2.26. The molecule has 1 unspecified atom stereocenters. The lowest BCUT2D eigenvalue weighted by atomic mass is 10.1. The molecule has 0 aromatic carbocycles. The van der Waals surface area contributed by atoms with Gasteiger partial charge in [0.15, 0.2) is 0 Å². The van der Waals surface area contributed by atoms with E-state index >= 15 is 0 Å². The molecule has 0 bridgehead atoms. The zero-order valence-corrected chi connectivity index (χ0v) is 8.82. The third-order valence-electron chi connectivity index (χ3n) is 2.72. The van der Waals surface area contributed by atoms with E-state index < -0.39 is 0 Å². The summed E-state index contributed by atoms with van der Waals surface area (Å²) in [5, 5.41) is 8.71. The van der Waals surface area contributed by atoms with Crippen molar-refractivity contribution in [2.75, 3.05) is 26.7 Å². The summed E-state index contributed by atoms with van der Waals surface area (Å²) in [5.41, 5.74) is 0. The van der Waals surface area contributed by atoms with Crippen LogP contribution in [0, 0.1) is 11.3 Å². The number of nitrogens with zero attached hydrogens (tertiary/aromatic N) is 3. The number of likely N-dealkylation sites (N-methyl/N-ethyl adjacent to an activating group) is 1. The van der Waals surface area contributed by atoms with Crippen molar-refractivity contribution in [3.63, 3.8) is 0 Å². The van der Waals surface area contributed by atoms with E-state index in [1.54, 1.807) is 0 Å². The smallest absolute Gasteiger partial charge is 0.0638 e. The SMILES string of the molecule is CC(C)N1CCN(C)CC1CC#N. The molecule has 0 aromatic rings. The summed E-state index contributed by atoms with van der Waals surface area (Å²) in [6, 6.07) is 3.27. The first-order valence-corrected chi connectivity index (χ1v) is 4.96. The number of nitriles is 1. The first kappa shape index (κ1) is 10.5. The lowest BCUT2D eigenvalue weighted by Crippen LogP contribution is -2.54. The van der Waals surface area contributed by atoms with Gasteiger partial charge in [-0.2, -0.15) is 5.26 Å². The summed E-state index contributed by atoms with van der Waals surface area (Å²) in [5.74, 6) is 0. The van der Waals surface area contributed by atoms with Gasteiger partial charge in [-0.25, -0.2) is 0 Å². The molecule has 1 fully saturated rings. The van der Waals surface area contributed by atoms with Gasteiger partial charge in [-0.05, 0) is 20.9 Å². The Morgan fingerprint density at radius 1 is 1.46 bits per heavy atom.